The number of rotatable bonds is 8. The van der Waals surface area contributed by atoms with Crippen molar-refractivity contribution in [2.45, 2.75) is 37.4 Å². The summed E-state index contributed by atoms with van der Waals surface area (Å²) >= 11 is -0.0766. The lowest BCUT2D eigenvalue weighted by atomic mass is 10.2. The molecular formula is C17H15F5N2O5S2. The summed E-state index contributed by atoms with van der Waals surface area (Å²) in [5, 5.41) is 11.6. The zero-order chi connectivity index (χ0) is 23.8. The first kappa shape index (κ1) is 24.7. The van der Waals surface area contributed by atoms with Gasteiger partial charge in [0.05, 0.1) is 22.7 Å². The summed E-state index contributed by atoms with van der Waals surface area (Å²) in [6.07, 6.45) is -4.88. The highest BCUT2D eigenvalue weighted by molar-refractivity contribution is 7.91. The maximum atomic E-state index is 13.6. The lowest BCUT2D eigenvalue weighted by molar-refractivity contribution is -0.287. The number of pyridine rings is 1. The highest BCUT2D eigenvalue weighted by atomic mass is 32.2. The Labute approximate surface area is 176 Å². The second-order valence-electron chi connectivity index (χ2n) is 6.21. The van der Waals surface area contributed by atoms with E-state index < -0.39 is 60.4 Å². The average molecular weight is 486 g/mol. The normalized spacial score (nSPS) is 12.6. The number of nitrogens with zero attached hydrogens (tertiary/aromatic N) is 1. The predicted molar refractivity (Wildman–Crippen MR) is 101 cm³/mol. The molecule has 0 spiro atoms. The minimum atomic E-state index is -5.93. The third-order valence-electron chi connectivity index (χ3n) is 4.10. The van der Waals surface area contributed by atoms with Crippen LogP contribution in [0, 0.1) is 0 Å². The van der Waals surface area contributed by atoms with E-state index in [1.807, 2.05) is 0 Å². The number of carbonyl (C=O) groups excluding carboxylic acids is 1. The van der Waals surface area contributed by atoms with Crippen molar-refractivity contribution in [2.75, 3.05) is 11.1 Å². The van der Waals surface area contributed by atoms with Gasteiger partial charge in [-0.15, -0.1) is 11.3 Å². The van der Waals surface area contributed by atoms with Gasteiger partial charge in [-0.05, 0) is 19.1 Å². The number of ketones is 1. The van der Waals surface area contributed by atoms with Gasteiger partial charge in [0.2, 0.25) is 0 Å². The molecule has 2 aromatic heterocycles. The molecule has 2 aromatic rings. The number of carboxylic acid groups (broad SMARTS) is 1. The molecule has 170 valence electrons. The van der Waals surface area contributed by atoms with E-state index in [1.165, 1.54) is 13.8 Å². The van der Waals surface area contributed by atoms with E-state index in [-0.39, 0.29) is 34.5 Å². The summed E-state index contributed by atoms with van der Waals surface area (Å²) in [6.45, 7) is 1.91. The topological polar surface area (TPSA) is 113 Å². The number of thiophene rings is 1. The largest absolute Gasteiger partial charge is 0.478 e. The molecule has 14 heteroatoms. The minimum Gasteiger partial charge on any atom is -0.478 e. The molecule has 0 aromatic carbocycles. The van der Waals surface area contributed by atoms with Crippen molar-refractivity contribution in [1.29, 1.82) is 0 Å². The standard InChI is InChI=1S/C17H15F5N2O5S2/c1-3-31(28,29)12-4-9(8(2)25)6-23-14(12)24-7-11-10(15(26)27)5-13(30-11)16(18,19)17(20,21)22/h4-6H,3,7H2,1-2H3,(H,23,24)(H,26,27). The van der Waals surface area contributed by atoms with Gasteiger partial charge >= 0.3 is 18.1 Å². The van der Waals surface area contributed by atoms with Crippen LogP contribution in [0.1, 0.15) is 44.3 Å². The fourth-order valence-corrected chi connectivity index (χ4v) is 4.49. The van der Waals surface area contributed by atoms with Gasteiger partial charge in [0.15, 0.2) is 15.6 Å². The number of Topliss-reactive ketones (excluding diaryl/α,β-unsaturated/α-hetero) is 1. The van der Waals surface area contributed by atoms with Crippen molar-refractivity contribution in [1.82, 2.24) is 4.98 Å². The van der Waals surface area contributed by atoms with Crippen LogP contribution in [-0.4, -0.2) is 42.2 Å². The lowest BCUT2D eigenvalue weighted by Crippen LogP contribution is -2.32. The number of nitrogens with one attached hydrogen (secondary N) is 1. The molecule has 2 N–H and O–H groups in total. The molecule has 7 nitrogen and oxygen atoms in total. The number of sulfone groups is 1. The molecule has 0 aliphatic rings. The van der Waals surface area contributed by atoms with Crippen molar-refractivity contribution in [2.24, 2.45) is 0 Å². The maximum absolute atomic E-state index is 13.6. The van der Waals surface area contributed by atoms with Crippen LogP contribution in [0.3, 0.4) is 0 Å². The quantitative estimate of drug-likeness (QED) is 0.427. The van der Waals surface area contributed by atoms with Gasteiger partial charge in [0.1, 0.15) is 10.7 Å². The number of carbonyl (C=O) groups is 2. The first-order chi connectivity index (χ1) is 14.1. The van der Waals surface area contributed by atoms with Crippen LogP contribution < -0.4 is 5.32 Å². The van der Waals surface area contributed by atoms with Gasteiger partial charge in [-0.2, -0.15) is 22.0 Å². The second-order valence-corrected chi connectivity index (χ2v) is 9.59. The smallest absolute Gasteiger partial charge is 0.458 e. The molecule has 2 heterocycles. The van der Waals surface area contributed by atoms with Gasteiger partial charge < -0.3 is 10.4 Å². The monoisotopic (exact) mass is 486 g/mol. The van der Waals surface area contributed by atoms with Crippen molar-refractivity contribution >= 4 is 38.7 Å². The molecule has 0 amide bonds. The molecule has 0 atom stereocenters. The molecule has 0 saturated heterocycles. The Morgan fingerprint density at radius 2 is 1.81 bits per heavy atom. The van der Waals surface area contributed by atoms with Crippen LogP contribution in [-0.2, 0) is 22.3 Å². The van der Waals surface area contributed by atoms with Crippen LogP contribution >= 0.6 is 11.3 Å². The third kappa shape index (κ3) is 5.01. The molecular weight excluding hydrogens is 471 g/mol. The first-order valence-corrected chi connectivity index (χ1v) is 10.9. The number of anilines is 1. The van der Waals surface area contributed by atoms with E-state index >= 15 is 0 Å². The number of aromatic nitrogens is 1. The van der Waals surface area contributed by atoms with Gasteiger partial charge in [0.25, 0.3) is 0 Å². The highest BCUT2D eigenvalue weighted by Gasteiger charge is 2.60. The Morgan fingerprint density at radius 1 is 1.19 bits per heavy atom. The summed E-state index contributed by atoms with van der Waals surface area (Å²) < 4.78 is 89.8. The van der Waals surface area contributed by atoms with E-state index in [4.69, 9.17) is 5.11 Å². The number of halogens is 5. The number of carboxylic acids is 1. The summed E-state index contributed by atoms with van der Waals surface area (Å²) in [4.78, 5) is 24.3. The molecule has 0 aliphatic heterocycles. The van der Waals surface area contributed by atoms with E-state index in [1.54, 1.807) is 0 Å². The zero-order valence-corrected chi connectivity index (χ0v) is 17.5. The Kier molecular flexibility index (Phi) is 6.76. The van der Waals surface area contributed by atoms with Crippen LogP contribution in [0.15, 0.2) is 23.2 Å². The maximum Gasteiger partial charge on any atom is 0.458 e. The fraction of sp³-hybridized carbons (Fsp3) is 0.353. The third-order valence-corrected chi connectivity index (χ3v) is 7.04. The van der Waals surface area contributed by atoms with E-state index in [9.17, 15) is 40.0 Å². The van der Waals surface area contributed by atoms with Crippen LogP contribution in [0.5, 0.6) is 0 Å². The summed E-state index contributed by atoms with van der Waals surface area (Å²) in [6, 6.07) is 1.28. The number of hydrogen-bond donors (Lipinski definition) is 2. The van der Waals surface area contributed by atoms with E-state index in [0.29, 0.717) is 0 Å². The Hall–Kier alpha value is -2.61. The number of hydrogen-bond acceptors (Lipinski definition) is 7. The summed E-state index contributed by atoms with van der Waals surface area (Å²) in [7, 11) is -3.91. The van der Waals surface area contributed by atoms with Crippen LogP contribution in [0.25, 0.3) is 0 Å². The van der Waals surface area contributed by atoms with Gasteiger partial charge in [-0.25, -0.2) is 18.2 Å². The highest BCUT2D eigenvalue weighted by Crippen LogP contribution is 2.47. The lowest BCUT2D eigenvalue weighted by Gasteiger charge is -2.17. The Morgan fingerprint density at radius 3 is 2.29 bits per heavy atom. The van der Waals surface area contributed by atoms with Crippen molar-refractivity contribution in [3.8, 4) is 0 Å². The molecule has 0 unspecified atom stereocenters. The molecule has 31 heavy (non-hydrogen) atoms. The number of aromatic carboxylic acids is 1. The summed E-state index contributed by atoms with van der Waals surface area (Å²) in [5.41, 5.74) is -0.816. The van der Waals surface area contributed by atoms with E-state index in [0.717, 1.165) is 12.3 Å². The molecule has 0 radical (unpaired) electrons. The summed E-state index contributed by atoms with van der Waals surface area (Å²) in [5.74, 6) is -8.15. The number of alkyl halides is 5. The van der Waals surface area contributed by atoms with Crippen LogP contribution in [0.2, 0.25) is 0 Å². The van der Waals surface area contributed by atoms with E-state index in [2.05, 4.69) is 10.3 Å². The molecule has 0 bridgehead atoms. The average Bonchev–Trinajstić information content (AvgIpc) is 3.10. The molecule has 2 rings (SSSR count). The van der Waals surface area contributed by atoms with Crippen molar-refractivity contribution < 1.29 is 45.1 Å². The second kappa shape index (κ2) is 8.49. The minimum absolute atomic E-state index is 0.0213. The molecule has 0 saturated carbocycles. The van der Waals surface area contributed by atoms with Crippen molar-refractivity contribution in [3.63, 3.8) is 0 Å². The van der Waals surface area contributed by atoms with Gasteiger partial charge in [-0.1, -0.05) is 6.92 Å². The zero-order valence-electron chi connectivity index (χ0n) is 15.9. The van der Waals surface area contributed by atoms with Gasteiger partial charge in [-0.3, -0.25) is 4.79 Å². The fourth-order valence-electron chi connectivity index (χ4n) is 2.36. The Bertz CT molecular complexity index is 1130. The van der Waals surface area contributed by atoms with Gasteiger partial charge in [0, 0.05) is 16.6 Å². The Balaban J connectivity index is 2.48. The molecule has 0 fully saturated rings. The molecule has 0 aliphatic carbocycles. The van der Waals surface area contributed by atoms with Crippen molar-refractivity contribution in [3.05, 3.63) is 39.2 Å². The van der Waals surface area contributed by atoms with Crippen LogP contribution in [0.4, 0.5) is 27.8 Å². The SMILES string of the molecule is CCS(=O)(=O)c1cc(C(C)=O)cnc1NCc1sc(C(F)(F)C(F)(F)F)cc1C(=O)O. The first-order valence-electron chi connectivity index (χ1n) is 8.40. The predicted octanol–water partition coefficient (Wildman–Crippen LogP) is 4.10.